The third-order valence-corrected chi connectivity index (χ3v) is 4.49. The number of thioether (sulfide) groups is 1. The van der Waals surface area contributed by atoms with Crippen LogP contribution in [0.2, 0.25) is 0 Å². The highest BCUT2D eigenvalue weighted by Gasteiger charge is 2.17. The van der Waals surface area contributed by atoms with Gasteiger partial charge in [0.05, 0.1) is 19.8 Å². The van der Waals surface area contributed by atoms with Gasteiger partial charge < -0.3 is 13.9 Å². The number of hydrogen-bond donors (Lipinski definition) is 0. The molecule has 0 saturated carbocycles. The molecule has 0 aliphatic carbocycles. The number of nitrogens with zero attached hydrogens (tertiary/aromatic N) is 1. The van der Waals surface area contributed by atoms with E-state index in [-0.39, 0.29) is 0 Å². The lowest BCUT2D eigenvalue weighted by atomic mass is 10.1. The minimum atomic E-state index is -0.417. The van der Waals surface area contributed by atoms with Gasteiger partial charge in [-0.3, -0.25) is 4.98 Å². The number of rotatable bonds is 5. The van der Waals surface area contributed by atoms with Crippen LogP contribution in [0.5, 0.6) is 11.5 Å². The standard InChI is InChI=1S/C19H17NO4S/c1-22-14-8-7-12(10-16(14)23-2)18-17(25-3)11-15(24-19(18)21)13-6-4-5-9-20-13/h4-11H,1-3H3. The van der Waals surface area contributed by atoms with E-state index in [0.29, 0.717) is 34.1 Å². The Balaban J connectivity index is 2.16. The monoisotopic (exact) mass is 355 g/mol. The molecule has 5 nitrogen and oxygen atoms in total. The Morgan fingerprint density at radius 3 is 2.48 bits per heavy atom. The predicted molar refractivity (Wildman–Crippen MR) is 98.5 cm³/mol. The molecule has 1 aromatic carbocycles. The molecule has 0 spiro atoms. The molecule has 6 heteroatoms. The number of methoxy groups -OCH3 is 2. The van der Waals surface area contributed by atoms with E-state index >= 15 is 0 Å². The van der Waals surface area contributed by atoms with Crippen LogP contribution >= 0.6 is 11.8 Å². The predicted octanol–water partition coefficient (Wildman–Crippen LogP) is 4.11. The first-order chi connectivity index (χ1) is 12.2. The summed E-state index contributed by atoms with van der Waals surface area (Å²) in [6, 6.07) is 12.7. The Morgan fingerprint density at radius 1 is 1.04 bits per heavy atom. The molecule has 3 rings (SSSR count). The molecule has 25 heavy (non-hydrogen) atoms. The highest BCUT2D eigenvalue weighted by Crippen LogP contribution is 2.35. The molecular formula is C19H17NO4S. The van der Waals surface area contributed by atoms with E-state index in [1.54, 1.807) is 38.6 Å². The Labute approximate surface area is 149 Å². The number of pyridine rings is 1. The zero-order valence-corrected chi connectivity index (χ0v) is 14.9. The summed E-state index contributed by atoms with van der Waals surface area (Å²) in [5.74, 6) is 1.60. The van der Waals surface area contributed by atoms with E-state index < -0.39 is 5.63 Å². The largest absolute Gasteiger partial charge is 0.493 e. The third kappa shape index (κ3) is 3.39. The van der Waals surface area contributed by atoms with E-state index in [0.717, 1.165) is 4.90 Å². The molecule has 0 radical (unpaired) electrons. The van der Waals surface area contributed by atoms with Gasteiger partial charge in [-0.25, -0.2) is 4.79 Å². The SMILES string of the molecule is COc1ccc(-c2c(SC)cc(-c3ccccn3)oc2=O)cc1OC. The van der Waals surface area contributed by atoms with Crippen LogP contribution in [0.3, 0.4) is 0 Å². The van der Waals surface area contributed by atoms with Crippen LogP contribution in [-0.2, 0) is 0 Å². The lowest BCUT2D eigenvalue weighted by Crippen LogP contribution is -2.06. The van der Waals surface area contributed by atoms with E-state index in [1.807, 2.05) is 30.5 Å². The van der Waals surface area contributed by atoms with Crippen LogP contribution in [-0.4, -0.2) is 25.5 Å². The van der Waals surface area contributed by atoms with E-state index in [2.05, 4.69) is 4.98 Å². The minimum Gasteiger partial charge on any atom is -0.493 e. The maximum Gasteiger partial charge on any atom is 0.345 e. The molecule has 0 unspecified atom stereocenters. The van der Waals surface area contributed by atoms with Crippen molar-refractivity contribution in [2.75, 3.05) is 20.5 Å². The summed E-state index contributed by atoms with van der Waals surface area (Å²) in [6.07, 6.45) is 3.58. The van der Waals surface area contributed by atoms with Crippen LogP contribution in [0, 0.1) is 0 Å². The lowest BCUT2D eigenvalue weighted by Gasteiger charge is -2.11. The minimum absolute atomic E-state index is 0.417. The number of hydrogen-bond acceptors (Lipinski definition) is 6. The summed E-state index contributed by atoms with van der Waals surface area (Å²) in [4.78, 5) is 17.7. The van der Waals surface area contributed by atoms with Gasteiger partial charge >= 0.3 is 5.63 Å². The normalized spacial score (nSPS) is 10.5. The molecule has 0 amide bonds. The number of aromatic nitrogens is 1. The van der Waals surface area contributed by atoms with E-state index in [4.69, 9.17) is 13.9 Å². The molecule has 0 bridgehead atoms. The molecule has 0 saturated heterocycles. The Bertz CT molecular complexity index is 938. The van der Waals surface area contributed by atoms with Gasteiger partial charge in [0.15, 0.2) is 17.3 Å². The summed E-state index contributed by atoms with van der Waals surface area (Å²) in [5.41, 5.74) is 1.41. The molecule has 2 aromatic heterocycles. The van der Waals surface area contributed by atoms with Crippen molar-refractivity contribution in [3.8, 4) is 34.1 Å². The Kier molecular flexibility index (Phi) is 5.09. The average Bonchev–Trinajstić information content (AvgIpc) is 2.67. The van der Waals surface area contributed by atoms with Crippen molar-refractivity contribution in [3.05, 3.63) is 59.1 Å². The molecule has 0 fully saturated rings. The van der Waals surface area contributed by atoms with Crippen LogP contribution < -0.4 is 15.1 Å². The first-order valence-electron chi connectivity index (χ1n) is 7.54. The van der Waals surface area contributed by atoms with Crippen molar-refractivity contribution in [3.63, 3.8) is 0 Å². The molecular weight excluding hydrogens is 338 g/mol. The smallest absolute Gasteiger partial charge is 0.345 e. The van der Waals surface area contributed by atoms with Crippen molar-refractivity contribution in [1.82, 2.24) is 4.98 Å². The fourth-order valence-corrected chi connectivity index (χ4v) is 3.15. The molecule has 128 valence electrons. The van der Waals surface area contributed by atoms with Crippen molar-refractivity contribution in [1.29, 1.82) is 0 Å². The topological polar surface area (TPSA) is 61.6 Å². The second-order valence-electron chi connectivity index (χ2n) is 5.13. The third-order valence-electron chi connectivity index (χ3n) is 3.72. The molecule has 0 N–H and O–H groups in total. The average molecular weight is 355 g/mol. The zero-order chi connectivity index (χ0) is 17.8. The first kappa shape index (κ1) is 17.1. The fourth-order valence-electron chi connectivity index (χ4n) is 2.52. The van der Waals surface area contributed by atoms with E-state index in [1.165, 1.54) is 11.8 Å². The quantitative estimate of drug-likeness (QED) is 0.642. The number of benzene rings is 1. The van der Waals surface area contributed by atoms with Crippen molar-refractivity contribution in [2.24, 2.45) is 0 Å². The van der Waals surface area contributed by atoms with Gasteiger partial charge in [-0.15, -0.1) is 11.8 Å². The summed E-state index contributed by atoms with van der Waals surface area (Å²) in [6.45, 7) is 0. The fraction of sp³-hybridized carbons (Fsp3) is 0.158. The first-order valence-corrected chi connectivity index (χ1v) is 8.76. The lowest BCUT2D eigenvalue weighted by molar-refractivity contribution is 0.355. The van der Waals surface area contributed by atoms with Gasteiger partial charge in [-0.1, -0.05) is 12.1 Å². The zero-order valence-electron chi connectivity index (χ0n) is 14.1. The highest BCUT2D eigenvalue weighted by molar-refractivity contribution is 7.98. The maximum atomic E-state index is 12.7. The summed E-state index contributed by atoms with van der Waals surface area (Å²) in [7, 11) is 3.13. The van der Waals surface area contributed by atoms with Gasteiger partial charge in [0.1, 0.15) is 5.69 Å². The second-order valence-corrected chi connectivity index (χ2v) is 5.97. The van der Waals surface area contributed by atoms with Crippen LogP contribution in [0.15, 0.2) is 62.8 Å². The van der Waals surface area contributed by atoms with Crippen molar-refractivity contribution >= 4 is 11.8 Å². The van der Waals surface area contributed by atoms with E-state index in [9.17, 15) is 4.79 Å². The molecule has 2 heterocycles. The van der Waals surface area contributed by atoms with Crippen molar-refractivity contribution < 1.29 is 13.9 Å². The van der Waals surface area contributed by atoms with Gasteiger partial charge in [0, 0.05) is 11.1 Å². The summed E-state index contributed by atoms with van der Waals surface area (Å²) >= 11 is 1.48. The second kappa shape index (κ2) is 7.44. The van der Waals surface area contributed by atoms with Crippen molar-refractivity contribution in [2.45, 2.75) is 4.90 Å². The Hall–Kier alpha value is -2.73. The Morgan fingerprint density at radius 2 is 1.84 bits per heavy atom. The number of ether oxygens (including phenoxy) is 2. The van der Waals surface area contributed by atoms with Gasteiger partial charge in [0.2, 0.25) is 0 Å². The molecule has 0 aliphatic rings. The van der Waals surface area contributed by atoms with Gasteiger partial charge in [0.25, 0.3) is 0 Å². The van der Waals surface area contributed by atoms with Crippen LogP contribution in [0.25, 0.3) is 22.6 Å². The summed E-state index contributed by atoms with van der Waals surface area (Å²) < 4.78 is 16.1. The highest BCUT2D eigenvalue weighted by atomic mass is 32.2. The van der Waals surface area contributed by atoms with Crippen LogP contribution in [0.1, 0.15) is 0 Å². The molecule has 0 atom stereocenters. The summed E-state index contributed by atoms with van der Waals surface area (Å²) in [5, 5.41) is 0. The molecule has 0 aliphatic heterocycles. The van der Waals surface area contributed by atoms with Gasteiger partial charge in [-0.2, -0.15) is 0 Å². The molecule has 3 aromatic rings. The van der Waals surface area contributed by atoms with Crippen LogP contribution in [0.4, 0.5) is 0 Å². The van der Waals surface area contributed by atoms with Gasteiger partial charge in [-0.05, 0) is 42.2 Å². The maximum absolute atomic E-state index is 12.7.